The van der Waals surface area contributed by atoms with E-state index in [1.54, 1.807) is 0 Å². The minimum atomic E-state index is 0.239. The highest BCUT2D eigenvalue weighted by Crippen LogP contribution is 2.33. The molecule has 3 rings (SSSR count). The van der Waals surface area contributed by atoms with E-state index < -0.39 is 0 Å². The molecule has 110 valence electrons. The zero-order chi connectivity index (χ0) is 13.9. The predicted octanol–water partition coefficient (Wildman–Crippen LogP) is 1.96. The monoisotopic (exact) mass is 297 g/mol. The van der Waals surface area contributed by atoms with Gasteiger partial charge in [0.05, 0.1) is 13.2 Å². The lowest BCUT2D eigenvalue weighted by molar-refractivity contribution is 0.122. The van der Waals surface area contributed by atoms with Crippen molar-refractivity contribution in [2.75, 3.05) is 36.5 Å². The van der Waals surface area contributed by atoms with Crippen LogP contribution < -0.4 is 10.2 Å². The number of rotatable bonds is 5. The molecule has 2 fully saturated rings. The van der Waals surface area contributed by atoms with E-state index in [9.17, 15) is 0 Å². The molecule has 0 spiro atoms. The Morgan fingerprint density at radius 3 is 2.75 bits per heavy atom. The van der Waals surface area contributed by atoms with Crippen LogP contribution >= 0.6 is 11.6 Å². The maximum atomic E-state index is 6.01. The molecule has 1 aliphatic heterocycles. The molecule has 7 heteroatoms. The molecule has 2 heterocycles. The van der Waals surface area contributed by atoms with Crippen LogP contribution in [0.5, 0.6) is 0 Å². The normalized spacial score (nSPS) is 20.8. The van der Waals surface area contributed by atoms with Crippen LogP contribution in [0.15, 0.2) is 0 Å². The molecule has 2 aliphatic rings. The number of hydrogen-bond acceptors (Lipinski definition) is 6. The number of nitrogens with zero attached hydrogens (tertiary/aromatic N) is 4. The standard InChI is InChI=1S/C13H20ClN5O/c1-9(8-10-2-3-10)15-12-16-11(14)17-13(18-12)19-4-6-20-7-5-19/h9-10H,2-8H2,1H3,(H,15,16,17,18). The number of hydrogen-bond donors (Lipinski definition) is 1. The average molecular weight is 298 g/mol. The van der Waals surface area contributed by atoms with Gasteiger partial charge in [0.1, 0.15) is 0 Å². The zero-order valence-electron chi connectivity index (χ0n) is 11.7. The van der Waals surface area contributed by atoms with Crippen molar-refractivity contribution in [1.82, 2.24) is 15.0 Å². The molecule has 1 N–H and O–H groups in total. The highest BCUT2D eigenvalue weighted by atomic mass is 35.5. The Labute approximate surface area is 123 Å². The second-order valence-electron chi connectivity index (χ2n) is 5.55. The number of ether oxygens (including phenoxy) is 1. The van der Waals surface area contributed by atoms with Gasteiger partial charge in [-0.15, -0.1) is 0 Å². The first-order chi connectivity index (χ1) is 9.70. The summed E-state index contributed by atoms with van der Waals surface area (Å²) >= 11 is 6.01. The summed E-state index contributed by atoms with van der Waals surface area (Å²) in [7, 11) is 0. The van der Waals surface area contributed by atoms with Crippen LogP contribution in [0.3, 0.4) is 0 Å². The Kier molecular flexibility index (Phi) is 4.21. The van der Waals surface area contributed by atoms with Crippen LogP contribution in [0, 0.1) is 5.92 Å². The molecule has 6 nitrogen and oxygen atoms in total. The van der Waals surface area contributed by atoms with E-state index >= 15 is 0 Å². The fourth-order valence-corrected chi connectivity index (χ4v) is 2.60. The van der Waals surface area contributed by atoms with Crippen molar-refractivity contribution >= 4 is 23.5 Å². The summed E-state index contributed by atoms with van der Waals surface area (Å²) in [4.78, 5) is 14.9. The van der Waals surface area contributed by atoms with Gasteiger partial charge in [0, 0.05) is 19.1 Å². The van der Waals surface area contributed by atoms with Gasteiger partial charge >= 0.3 is 0 Å². The molecule has 0 amide bonds. The van der Waals surface area contributed by atoms with Crippen molar-refractivity contribution in [3.8, 4) is 0 Å². The van der Waals surface area contributed by atoms with Crippen molar-refractivity contribution in [3.05, 3.63) is 5.28 Å². The smallest absolute Gasteiger partial charge is 0.231 e. The summed E-state index contributed by atoms with van der Waals surface area (Å²) in [6.07, 6.45) is 3.86. The van der Waals surface area contributed by atoms with E-state index in [-0.39, 0.29) is 5.28 Å². The summed E-state index contributed by atoms with van der Waals surface area (Å²) in [5.41, 5.74) is 0. The Hall–Kier alpha value is -1.14. The third-order valence-electron chi connectivity index (χ3n) is 3.65. The van der Waals surface area contributed by atoms with Crippen LogP contribution in [0.1, 0.15) is 26.2 Å². The van der Waals surface area contributed by atoms with Crippen LogP contribution in [-0.2, 0) is 4.74 Å². The summed E-state index contributed by atoms with van der Waals surface area (Å²) in [5, 5.41) is 3.57. The highest BCUT2D eigenvalue weighted by molar-refractivity contribution is 6.28. The number of aromatic nitrogens is 3. The van der Waals surface area contributed by atoms with E-state index in [4.69, 9.17) is 16.3 Å². The van der Waals surface area contributed by atoms with Gasteiger partial charge < -0.3 is 15.0 Å². The van der Waals surface area contributed by atoms with Gasteiger partial charge in [0.15, 0.2) is 0 Å². The second kappa shape index (κ2) is 6.10. The molecular weight excluding hydrogens is 278 g/mol. The molecule has 1 aromatic rings. The van der Waals surface area contributed by atoms with Crippen molar-refractivity contribution in [2.45, 2.75) is 32.2 Å². The lowest BCUT2D eigenvalue weighted by atomic mass is 10.2. The second-order valence-corrected chi connectivity index (χ2v) is 5.89. The first-order valence-electron chi connectivity index (χ1n) is 7.21. The van der Waals surface area contributed by atoms with Crippen molar-refractivity contribution < 1.29 is 4.74 Å². The van der Waals surface area contributed by atoms with Crippen LogP contribution in [0.2, 0.25) is 5.28 Å². The molecule has 20 heavy (non-hydrogen) atoms. The van der Waals surface area contributed by atoms with E-state index in [1.165, 1.54) is 12.8 Å². The van der Waals surface area contributed by atoms with Gasteiger partial charge in [0.2, 0.25) is 17.2 Å². The predicted molar refractivity (Wildman–Crippen MR) is 78.3 cm³/mol. The van der Waals surface area contributed by atoms with Gasteiger partial charge in [-0.25, -0.2) is 0 Å². The Morgan fingerprint density at radius 2 is 2.05 bits per heavy atom. The van der Waals surface area contributed by atoms with Crippen molar-refractivity contribution in [2.24, 2.45) is 5.92 Å². The molecule has 1 atom stereocenters. The topological polar surface area (TPSA) is 63.2 Å². The largest absolute Gasteiger partial charge is 0.378 e. The minimum absolute atomic E-state index is 0.239. The summed E-state index contributed by atoms with van der Waals surface area (Å²) in [6.45, 7) is 5.13. The molecular formula is C13H20ClN5O. The van der Waals surface area contributed by atoms with Gasteiger partial charge in [-0.2, -0.15) is 15.0 Å². The van der Waals surface area contributed by atoms with Crippen LogP contribution in [0.25, 0.3) is 0 Å². The first-order valence-corrected chi connectivity index (χ1v) is 7.59. The molecule has 0 radical (unpaired) electrons. The molecule has 1 saturated heterocycles. The minimum Gasteiger partial charge on any atom is -0.378 e. The summed E-state index contributed by atoms with van der Waals surface area (Å²) in [6, 6.07) is 0.360. The maximum Gasteiger partial charge on any atom is 0.231 e. The summed E-state index contributed by atoms with van der Waals surface area (Å²) < 4.78 is 5.34. The quantitative estimate of drug-likeness (QED) is 0.896. The zero-order valence-corrected chi connectivity index (χ0v) is 12.4. The Bertz CT molecular complexity index is 462. The molecule has 1 unspecified atom stereocenters. The molecule has 0 aromatic carbocycles. The van der Waals surface area contributed by atoms with Gasteiger partial charge in [-0.05, 0) is 30.9 Å². The SMILES string of the molecule is CC(CC1CC1)Nc1nc(Cl)nc(N2CCOCC2)n1. The van der Waals surface area contributed by atoms with Crippen molar-refractivity contribution in [1.29, 1.82) is 0 Å². The number of nitrogens with one attached hydrogen (secondary N) is 1. The van der Waals surface area contributed by atoms with Crippen molar-refractivity contribution in [3.63, 3.8) is 0 Å². The molecule has 0 bridgehead atoms. The van der Waals surface area contributed by atoms with Crippen LogP contribution in [0.4, 0.5) is 11.9 Å². The fourth-order valence-electron chi connectivity index (χ4n) is 2.44. The van der Waals surface area contributed by atoms with Crippen LogP contribution in [-0.4, -0.2) is 47.3 Å². The number of halogens is 1. The lowest BCUT2D eigenvalue weighted by Gasteiger charge is -2.27. The number of morpholine rings is 1. The highest BCUT2D eigenvalue weighted by Gasteiger charge is 2.24. The molecule has 1 aliphatic carbocycles. The molecule has 1 saturated carbocycles. The van der Waals surface area contributed by atoms with E-state index in [0.29, 0.717) is 31.2 Å². The third kappa shape index (κ3) is 3.70. The number of anilines is 2. The Balaban J connectivity index is 1.68. The maximum absolute atomic E-state index is 6.01. The Morgan fingerprint density at radius 1 is 1.30 bits per heavy atom. The van der Waals surface area contributed by atoms with E-state index in [2.05, 4.69) is 32.1 Å². The fraction of sp³-hybridized carbons (Fsp3) is 0.769. The molecule has 1 aromatic heterocycles. The first kappa shape index (κ1) is 13.8. The third-order valence-corrected chi connectivity index (χ3v) is 3.82. The lowest BCUT2D eigenvalue weighted by Crippen LogP contribution is -2.37. The van der Waals surface area contributed by atoms with Gasteiger partial charge in [-0.3, -0.25) is 0 Å². The summed E-state index contributed by atoms with van der Waals surface area (Å²) in [5.74, 6) is 2.07. The van der Waals surface area contributed by atoms with E-state index in [1.807, 2.05) is 0 Å². The van der Waals surface area contributed by atoms with Gasteiger partial charge in [0.25, 0.3) is 0 Å². The van der Waals surface area contributed by atoms with Gasteiger partial charge in [-0.1, -0.05) is 12.8 Å². The van der Waals surface area contributed by atoms with E-state index in [0.717, 1.165) is 25.4 Å². The average Bonchev–Trinajstić information content (AvgIpc) is 3.23.